The third kappa shape index (κ3) is 6.12. The second-order valence-electron chi connectivity index (χ2n) is 5.06. The first-order valence-corrected chi connectivity index (χ1v) is 6.94. The molecule has 0 spiro atoms. The van der Waals surface area contributed by atoms with Gasteiger partial charge >= 0.3 is 5.97 Å². The average molecular weight is 297 g/mol. The molecule has 1 aromatic carbocycles. The Labute approximate surface area is 124 Å². The van der Waals surface area contributed by atoms with Gasteiger partial charge in [0.25, 0.3) is 0 Å². The summed E-state index contributed by atoms with van der Waals surface area (Å²) in [7, 11) is 0. The van der Waals surface area contributed by atoms with Gasteiger partial charge in [-0.25, -0.2) is 0 Å². The van der Waals surface area contributed by atoms with Gasteiger partial charge in [-0.05, 0) is 31.5 Å². The number of aliphatic hydroxyl groups is 2. The van der Waals surface area contributed by atoms with Gasteiger partial charge in [0.05, 0.1) is 25.2 Å². The van der Waals surface area contributed by atoms with Crippen molar-refractivity contribution in [3.63, 3.8) is 0 Å². The number of nitrogens with one attached hydrogen (secondary N) is 1. The molecule has 0 saturated carbocycles. The van der Waals surface area contributed by atoms with Crippen LogP contribution in [0.2, 0.25) is 0 Å². The highest BCUT2D eigenvalue weighted by atomic mass is 16.5. The maximum absolute atomic E-state index is 10.9. The van der Waals surface area contributed by atoms with E-state index in [2.05, 4.69) is 5.32 Å². The Hall–Kier alpha value is -1.63. The Kier molecular flexibility index (Phi) is 7.14. The fourth-order valence-corrected chi connectivity index (χ4v) is 1.98. The van der Waals surface area contributed by atoms with E-state index in [0.717, 1.165) is 0 Å². The molecule has 0 aliphatic heterocycles. The number of benzene rings is 1. The molecule has 0 aliphatic rings. The van der Waals surface area contributed by atoms with Gasteiger partial charge in [0, 0.05) is 12.6 Å². The minimum Gasteiger partial charge on any atom is -0.491 e. The van der Waals surface area contributed by atoms with E-state index in [4.69, 9.17) is 14.9 Å². The van der Waals surface area contributed by atoms with E-state index in [-0.39, 0.29) is 25.7 Å². The smallest absolute Gasteiger partial charge is 0.305 e. The van der Waals surface area contributed by atoms with Crippen molar-refractivity contribution in [3.05, 3.63) is 29.8 Å². The summed E-state index contributed by atoms with van der Waals surface area (Å²) in [6.45, 7) is 3.95. The molecule has 1 aromatic rings. The standard InChI is InChI=1S/C15H23NO5/c1-10(2)21-12-5-3-11(4-6-12)15(20)13(9-14(18)19)16-7-8-17/h3-6,10,13,15-17,20H,7-9H2,1-2H3,(H,18,19). The molecule has 4 N–H and O–H groups in total. The first-order valence-electron chi connectivity index (χ1n) is 6.94. The number of carboxylic acids is 1. The molecule has 0 saturated heterocycles. The summed E-state index contributed by atoms with van der Waals surface area (Å²) < 4.78 is 5.51. The average Bonchev–Trinajstić information content (AvgIpc) is 2.42. The lowest BCUT2D eigenvalue weighted by Gasteiger charge is -2.23. The molecule has 6 heteroatoms. The van der Waals surface area contributed by atoms with Crippen molar-refractivity contribution in [1.82, 2.24) is 5.32 Å². The summed E-state index contributed by atoms with van der Waals surface area (Å²) in [5.74, 6) is -0.316. The lowest BCUT2D eigenvalue weighted by atomic mass is 9.99. The Morgan fingerprint density at radius 3 is 2.38 bits per heavy atom. The van der Waals surface area contributed by atoms with Crippen LogP contribution in [0.15, 0.2) is 24.3 Å². The highest BCUT2D eigenvalue weighted by molar-refractivity contribution is 5.67. The van der Waals surface area contributed by atoms with Crippen molar-refractivity contribution in [3.8, 4) is 5.75 Å². The van der Waals surface area contributed by atoms with Gasteiger partial charge < -0.3 is 25.4 Å². The summed E-state index contributed by atoms with van der Waals surface area (Å²) in [5, 5.41) is 30.8. The van der Waals surface area contributed by atoms with Crippen molar-refractivity contribution in [2.24, 2.45) is 0 Å². The summed E-state index contributed by atoms with van der Waals surface area (Å²) in [5.41, 5.74) is 0.600. The molecule has 1 rings (SSSR count). The number of carbonyl (C=O) groups is 1. The summed E-state index contributed by atoms with van der Waals surface area (Å²) >= 11 is 0. The highest BCUT2D eigenvalue weighted by Crippen LogP contribution is 2.22. The van der Waals surface area contributed by atoms with Crippen molar-refractivity contribution >= 4 is 5.97 Å². The minimum atomic E-state index is -1.01. The number of carboxylic acid groups (broad SMARTS) is 1. The molecule has 2 atom stereocenters. The molecule has 2 unspecified atom stereocenters. The molecule has 0 amide bonds. The van der Waals surface area contributed by atoms with E-state index in [0.29, 0.717) is 11.3 Å². The molecule has 0 radical (unpaired) electrons. The quantitative estimate of drug-likeness (QED) is 0.541. The monoisotopic (exact) mass is 297 g/mol. The number of aliphatic carboxylic acids is 1. The SMILES string of the molecule is CC(C)Oc1ccc(C(O)C(CC(=O)O)NCCO)cc1. The van der Waals surface area contributed by atoms with Gasteiger partial charge in [-0.15, -0.1) is 0 Å². The lowest BCUT2D eigenvalue weighted by molar-refractivity contribution is -0.138. The Balaban J connectivity index is 2.76. The summed E-state index contributed by atoms with van der Waals surface area (Å²) in [6, 6.07) is 6.23. The summed E-state index contributed by atoms with van der Waals surface area (Å²) in [6.07, 6.45) is -1.14. The van der Waals surface area contributed by atoms with Crippen LogP contribution in [0.5, 0.6) is 5.75 Å². The van der Waals surface area contributed by atoms with E-state index < -0.39 is 18.1 Å². The van der Waals surface area contributed by atoms with Crippen LogP contribution in [0.1, 0.15) is 31.9 Å². The van der Waals surface area contributed by atoms with E-state index in [9.17, 15) is 9.90 Å². The first-order chi connectivity index (χ1) is 9.93. The number of rotatable bonds is 9. The minimum absolute atomic E-state index is 0.0618. The van der Waals surface area contributed by atoms with Crippen LogP contribution in [0, 0.1) is 0 Å². The zero-order valence-corrected chi connectivity index (χ0v) is 12.3. The van der Waals surface area contributed by atoms with Gasteiger partial charge in [0.2, 0.25) is 0 Å². The molecular weight excluding hydrogens is 274 g/mol. The van der Waals surface area contributed by atoms with Crippen molar-refractivity contribution in [2.45, 2.75) is 38.5 Å². The third-order valence-electron chi connectivity index (χ3n) is 2.89. The molecular formula is C15H23NO5. The number of hydrogen-bond donors (Lipinski definition) is 4. The molecule has 0 heterocycles. The molecule has 0 fully saturated rings. The molecule has 0 aromatic heterocycles. The third-order valence-corrected chi connectivity index (χ3v) is 2.89. The van der Waals surface area contributed by atoms with Crippen LogP contribution in [0.3, 0.4) is 0 Å². The van der Waals surface area contributed by atoms with E-state index >= 15 is 0 Å². The second-order valence-corrected chi connectivity index (χ2v) is 5.06. The van der Waals surface area contributed by atoms with E-state index in [1.165, 1.54) is 0 Å². The highest BCUT2D eigenvalue weighted by Gasteiger charge is 2.23. The van der Waals surface area contributed by atoms with Crippen LogP contribution in [0.25, 0.3) is 0 Å². The van der Waals surface area contributed by atoms with Crippen LogP contribution < -0.4 is 10.1 Å². The van der Waals surface area contributed by atoms with Crippen molar-refractivity contribution in [2.75, 3.05) is 13.2 Å². The van der Waals surface area contributed by atoms with Gasteiger partial charge in [-0.2, -0.15) is 0 Å². The van der Waals surface area contributed by atoms with Crippen molar-refractivity contribution < 1.29 is 24.9 Å². The zero-order valence-electron chi connectivity index (χ0n) is 12.3. The van der Waals surface area contributed by atoms with Gasteiger partial charge in [-0.1, -0.05) is 12.1 Å². The molecule has 6 nitrogen and oxygen atoms in total. The Morgan fingerprint density at radius 1 is 1.29 bits per heavy atom. The first kappa shape index (κ1) is 17.4. The molecule has 0 bridgehead atoms. The van der Waals surface area contributed by atoms with E-state index in [1.54, 1.807) is 24.3 Å². The fourth-order valence-electron chi connectivity index (χ4n) is 1.98. The Morgan fingerprint density at radius 2 is 1.90 bits per heavy atom. The van der Waals surface area contributed by atoms with Crippen molar-refractivity contribution in [1.29, 1.82) is 0 Å². The predicted molar refractivity (Wildman–Crippen MR) is 78.3 cm³/mol. The molecule has 21 heavy (non-hydrogen) atoms. The van der Waals surface area contributed by atoms with E-state index in [1.807, 2.05) is 13.8 Å². The van der Waals surface area contributed by atoms with Gasteiger partial charge in [0.1, 0.15) is 5.75 Å². The summed E-state index contributed by atoms with van der Waals surface area (Å²) in [4.78, 5) is 10.9. The lowest BCUT2D eigenvalue weighted by Crippen LogP contribution is -2.38. The topological polar surface area (TPSA) is 99.0 Å². The van der Waals surface area contributed by atoms with Gasteiger partial charge in [-0.3, -0.25) is 4.79 Å². The largest absolute Gasteiger partial charge is 0.491 e. The van der Waals surface area contributed by atoms with Crippen LogP contribution in [-0.4, -0.2) is 46.6 Å². The molecule has 0 aliphatic carbocycles. The normalized spacial score (nSPS) is 14.0. The fraction of sp³-hybridized carbons (Fsp3) is 0.533. The van der Waals surface area contributed by atoms with Crippen LogP contribution in [-0.2, 0) is 4.79 Å². The Bertz CT molecular complexity index is 432. The maximum Gasteiger partial charge on any atom is 0.305 e. The van der Waals surface area contributed by atoms with Crippen LogP contribution >= 0.6 is 0 Å². The number of hydrogen-bond acceptors (Lipinski definition) is 5. The second kappa shape index (κ2) is 8.61. The van der Waals surface area contributed by atoms with Gasteiger partial charge in [0.15, 0.2) is 0 Å². The number of ether oxygens (including phenoxy) is 1. The number of aliphatic hydroxyl groups excluding tert-OH is 2. The maximum atomic E-state index is 10.9. The predicted octanol–water partition coefficient (Wildman–Crippen LogP) is 0.932. The zero-order chi connectivity index (χ0) is 15.8. The molecule has 118 valence electrons. The van der Waals surface area contributed by atoms with Crippen LogP contribution in [0.4, 0.5) is 0 Å².